The first-order valence-electron chi connectivity index (χ1n) is 8.48. The Morgan fingerprint density at radius 3 is 2.52 bits per heavy atom. The quantitative estimate of drug-likeness (QED) is 0.269. The minimum Gasteiger partial charge on any atom is -0.378 e. The molecule has 2 saturated heterocycles. The van der Waals surface area contributed by atoms with Crippen molar-refractivity contribution in [3.8, 4) is 0 Å². The number of ketones is 1. The van der Waals surface area contributed by atoms with E-state index in [1.54, 1.807) is 12.1 Å². The molecule has 1 aromatic rings. The van der Waals surface area contributed by atoms with Gasteiger partial charge in [0.05, 0.1) is 13.2 Å². The third-order valence-corrected chi connectivity index (χ3v) is 4.62. The number of allylic oxidation sites excluding steroid dienone is 1. The van der Waals surface area contributed by atoms with Crippen LogP contribution in [0.2, 0.25) is 0 Å². The van der Waals surface area contributed by atoms with Gasteiger partial charge in [-0.25, -0.2) is 0 Å². The molecule has 140 valence electrons. The minimum atomic E-state index is -0.677. The van der Waals surface area contributed by atoms with Crippen LogP contribution in [0.25, 0.3) is 0 Å². The summed E-state index contributed by atoms with van der Waals surface area (Å²) < 4.78 is 5.33. The predicted molar refractivity (Wildman–Crippen MR) is 105 cm³/mol. The normalized spacial score (nSPS) is 19.3. The molecule has 0 radical (unpaired) electrons. The summed E-state index contributed by atoms with van der Waals surface area (Å²) in [7, 11) is 0. The van der Waals surface area contributed by atoms with Gasteiger partial charge in [0.2, 0.25) is 0 Å². The van der Waals surface area contributed by atoms with Crippen molar-refractivity contribution in [1.82, 2.24) is 10.2 Å². The number of hydrogen-bond donors (Lipinski definition) is 1. The summed E-state index contributed by atoms with van der Waals surface area (Å²) in [5.74, 6) is -1.71. The van der Waals surface area contributed by atoms with Gasteiger partial charge in [0, 0.05) is 37.0 Å². The molecule has 7 nitrogen and oxygen atoms in total. The van der Waals surface area contributed by atoms with Crippen molar-refractivity contribution in [2.24, 2.45) is 0 Å². The van der Waals surface area contributed by atoms with Gasteiger partial charge < -0.3 is 9.64 Å². The van der Waals surface area contributed by atoms with Gasteiger partial charge in [-0.15, -0.1) is 6.58 Å². The maximum atomic E-state index is 12.5. The van der Waals surface area contributed by atoms with Crippen LogP contribution in [0.15, 0.2) is 48.6 Å². The van der Waals surface area contributed by atoms with E-state index in [-0.39, 0.29) is 17.2 Å². The zero-order valence-electron chi connectivity index (χ0n) is 14.6. The van der Waals surface area contributed by atoms with Gasteiger partial charge in [0.15, 0.2) is 10.9 Å². The molecule has 1 aromatic carbocycles. The molecule has 27 heavy (non-hydrogen) atoms. The summed E-state index contributed by atoms with van der Waals surface area (Å²) in [4.78, 5) is 40.4. The Labute approximate surface area is 162 Å². The zero-order valence-corrected chi connectivity index (χ0v) is 15.5. The molecule has 2 aliphatic rings. The molecule has 0 atom stereocenters. The third kappa shape index (κ3) is 4.12. The Morgan fingerprint density at radius 2 is 1.89 bits per heavy atom. The van der Waals surface area contributed by atoms with Gasteiger partial charge in [-0.3, -0.25) is 24.6 Å². The summed E-state index contributed by atoms with van der Waals surface area (Å²) in [5, 5.41) is 2.42. The number of anilines is 1. The molecular weight excluding hydrogens is 366 g/mol. The average molecular weight is 385 g/mol. The summed E-state index contributed by atoms with van der Waals surface area (Å²) >= 11 is 4.98. The number of benzene rings is 1. The van der Waals surface area contributed by atoms with E-state index in [0.29, 0.717) is 18.8 Å². The molecular formula is C19H19N3O4S. The molecule has 2 fully saturated rings. The minimum absolute atomic E-state index is 0.00404. The van der Waals surface area contributed by atoms with E-state index >= 15 is 0 Å². The number of carbonyl (C=O) groups is 3. The van der Waals surface area contributed by atoms with Gasteiger partial charge in [-0.2, -0.15) is 0 Å². The van der Waals surface area contributed by atoms with Crippen LogP contribution in [0.3, 0.4) is 0 Å². The average Bonchev–Trinajstić information content (AvgIpc) is 2.69. The van der Waals surface area contributed by atoms with E-state index in [9.17, 15) is 14.4 Å². The number of amides is 2. The standard InChI is InChI=1S/C19H19N3O4S/c1-2-7-22-18(25)15(17(24)20-19(22)27)12-16(23)13-3-5-14(6-4-13)21-8-10-26-11-9-21/h2-6,12H,1,7-11H2,(H,20,24,27). The summed E-state index contributed by atoms with van der Waals surface area (Å²) in [6, 6.07) is 7.06. The second kappa shape index (κ2) is 8.24. The fourth-order valence-electron chi connectivity index (χ4n) is 2.86. The van der Waals surface area contributed by atoms with Crippen LogP contribution in [0.4, 0.5) is 5.69 Å². The lowest BCUT2D eigenvalue weighted by Gasteiger charge is -2.29. The molecule has 8 heteroatoms. The van der Waals surface area contributed by atoms with Crippen LogP contribution in [-0.4, -0.2) is 60.5 Å². The summed E-state index contributed by atoms with van der Waals surface area (Å²) in [6.45, 7) is 6.65. The number of thiocarbonyl (C=S) groups is 1. The van der Waals surface area contributed by atoms with E-state index in [1.807, 2.05) is 12.1 Å². The number of hydrogen-bond acceptors (Lipinski definition) is 6. The smallest absolute Gasteiger partial charge is 0.266 e. The van der Waals surface area contributed by atoms with Crippen LogP contribution in [0.5, 0.6) is 0 Å². The van der Waals surface area contributed by atoms with Crippen LogP contribution < -0.4 is 10.2 Å². The monoisotopic (exact) mass is 385 g/mol. The van der Waals surface area contributed by atoms with E-state index in [4.69, 9.17) is 17.0 Å². The Balaban J connectivity index is 1.78. The summed E-state index contributed by atoms with van der Waals surface area (Å²) in [5.41, 5.74) is 1.15. The molecule has 2 amide bonds. The number of morpholine rings is 1. The second-order valence-corrected chi connectivity index (χ2v) is 6.42. The Bertz CT molecular complexity index is 826. The SMILES string of the molecule is C=CCN1C(=O)C(=CC(=O)c2ccc(N3CCOCC3)cc2)C(=O)NC1=S. The van der Waals surface area contributed by atoms with Crippen molar-refractivity contribution in [3.05, 3.63) is 54.1 Å². The Morgan fingerprint density at radius 1 is 1.22 bits per heavy atom. The van der Waals surface area contributed by atoms with Crippen LogP contribution in [0.1, 0.15) is 10.4 Å². The molecule has 2 aliphatic heterocycles. The number of ether oxygens (including phenoxy) is 1. The molecule has 0 saturated carbocycles. The Hall–Kier alpha value is -2.84. The first kappa shape index (κ1) is 18.9. The van der Waals surface area contributed by atoms with Crippen molar-refractivity contribution >= 4 is 40.6 Å². The second-order valence-electron chi connectivity index (χ2n) is 6.03. The van der Waals surface area contributed by atoms with E-state index in [0.717, 1.165) is 24.9 Å². The fraction of sp³-hybridized carbons (Fsp3) is 0.263. The topological polar surface area (TPSA) is 79.0 Å². The number of nitrogens with one attached hydrogen (secondary N) is 1. The molecule has 0 spiro atoms. The van der Waals surface area contributed by atoms with Gasteiger partial charge in [-0.1, -0.05) is 6.08 Å². The van der Waals surface area contributed by atoms with E-state index in [1.165, 1.54) is 11.0 Å². The fourth-order valence-corrected chi connectivity index (χ4v) is 3.11. The molecule has 0 bridgehead atoms. The highest BCUT2D eigenvalue weighted by atomic mass is 32.1. The molecule has 2 heterocycles. The summed E-state index contributed by atoms with van der Waals surface area (Å²) in [6.07, 6.45) is 2.55. The van der Waals surface area contributed by atoms with Gasteiger partial charge >= 0.3 is 0 Å². The first-order valence-corrected chi connectivity index (χ1v) is 8.89. The molecule has 0 aliphatic carbocycles. The lowest BCUT2D eigenvalue weighted by Crippen LogP contribution is -2.54. The molecule has 0 unspecified atom stereocenters. The maximum absolute atomic E-state index is 12.5. The van der Waals surface area contributed by atoms with Crippen molar-refractivity contribution in [1.29, 1.82) is 0 Å². The number of rotatable bonds is 5. The molecule has 1 N–H and O–H groups in total. The third-order valence-electron chi connectivity index (χ3n) is 4.30. The highest BCUT2D eigenvalue weighted by molar-refractivity contribution is 7.80. The van der Waals surface area contributed by atoms with Crippen LogP contribution in [-0.2, 0) is 14.3 Å². The lowest BCUT2D eigenvalue weighted by atomic mass is 10.0. The highest BCUT2D eigenvalue weighted by Gasteiger charge is 2.33. The predicted octanol–water partition coefficient (Wildman–Crippen LogP) is 1.06. The first-order chi connectivity index (χ1) is 13.0. The van der Waals surface area contributed by atoms with Gasteiger partial charge in [-0.05, 0) is 36.5 Å². The van der Waals surface area contributed by atoms with Gasteiger partial charge in [0.1, 0.15) is 5.57 Å². The maximum Gasteiger partial charge on any atom is 0.266 e. The van der Waals surface area contributed by atoms with E-state index in [2.05, 4.69) is 16.8 Å². The Kier molecular flexibility index (Phi) is 5.78. The largest absolute Gasteiger partial charge is 0.378 e. The van der Waals surface area contributed by atoms with Gasteiger partial charge in [0.25, 0.3) is 11.8 Å². The lowest BCUT2D eigenvalue weighted by molar-refractivity contribution is -0.128. The van der Waals surface area contributed by atoms with E-state index < -0.39 is 17.6 Å². The molecule has 0 aromatic heterocycles. The van der Waals surface area contributed by atoms with Crippen molar-refractivity contribution in [2.45, 2.75) is 0 Å². The van der Waals surface area contributed by atoms with Crippen molar-refractivity contribution < 1.29 is 19.1 Å². The van der Waals surface area contributed by atoms with Crippen LogP contribution in [0, 0.1) is 0 Å². The highest BCUT2D eigenvalue weighted by Crippen LogP contribution is 2.18. The number of carbonyl (C=O) groups excluding carboxylic acids is 3. The van der Waals surface area contributed by atoms with Crippen molar-refractivity contribution in [2.75, 3.05) is 37.7 Å². The van der Waals surface area contributed by atoms with Crippen molar-refractivity contribution in [3.63, 3.8) is 0 Å². The zero-order chi connectivity index (χ0) is 19.4. The van der Waals surface area contributed by atoms with Crippen LogP contribution >= 0.6 is 12.2 Å². The number of nitrogens with zero attached hydrogens (tertiary/aromatic N) is 2. The molecule has 3 rings (SSSR count).